The molecule has 132 valence electrons. The Hall–Kier alpha value is -1.39. The molecule has 0 unspecified atom stereocenters. The van der Waals surface area contributed by atoms with Crippen LogP contribution in [0.3, 0.4) is 0 Å². The van der Waals surface area contributed by atoms with Crippen LogP contribution in [0.25, 0.3) is 10.6 Å². The van der Waals surface area contributed by atoms with Gasteiger partial charge in [0.1, 0.15) is 5.01 Å². The first-order valence-electron chi connectivity index (χ1n) is 7.49. The van der Waals surface area contributed by atoms with Gasteiger partial charge in [-0.1, -0.05) is 0 Å². The van der Waals surface area contributed by atoms with E-state index in [0.29, 0.717) is 26.2 Å². The fraction of sp³-hybridized carbons (Fsp3) is 0.467. The largest absolute Gasteiger partial charge is 0.382 e. The highest BCUT2D eigenvalue weighted by atomic mass is 32.2. The van der Waals surface area contributed by atoms with E-state index in [2.05, 4.69) is 14.7 Å². The molecule has 0 radical (unpaired) electrons. The number of sulfonamides is 1. The van der Waals surface area contributed by atoms with Crippen molar-refractivity contribution in [2.75, 3.05) is 39.2 Å². The lowest BCUT2D eigenvalue weighted by Crippen LogP contribution is -2.30. The SMILES string of the molecule is COCCOCCS(=O)(=O)NCCc1csc(-c2cccnc2)n1. The molecule has 2 aromatic heterocycles. The summed E-state index contributed by atoms with van der Waals surface area (Å²) in [6, 6.07) is 3.81. The van der Waals surface area contributed by atoms with Crippen molar-refractivity contribution < 1.29 is 17.9 Å². The van der Waals surface area contributed by atoms with Crippen molar-refractivity contribution in [2.24, 2.45) is 0 Å². The van der Waals surface area contributed by atoms with Crippen LogP contribution in [0.15, 0.2) is 29.9 Å². The van der Waals surface area contributed by atoms with E-state index in [4.69, 9.17) is 9.47 Å². The Bertz CT molecular complexity index is 705. The maximum Gasteiger partial charge on any atom is 0.213 e. The van der Waals surface area contributed by atoms with E-state index in [9.17, 15) is 8.42 Å². The van der Waals surface area contributed by atoms with Gasteiger partial charge in [-0.05, 0) is 12.1 Å². The predicted octanol–water partition coefficient (Wildman–Crippen LogP) is 1.33. The first-order valence-corrected chi connectivity index (χ1v) is 10.0. The molecule has 2 rings (SSSR count). The van der Waals surface area contributed by atoms with Crippen LogP contribution in [0.5, 0.6) is 0 Å². The van der Waals surface area contributed by atoms with Gasteiger partial charge in [-0.25, -0.2) is 18.1 Å². The summed E-state index contributed by atoms with van der Waals surface area (Å²) in [7, 11) is -1.77. The van der Waals surface area contributed by atoms with Crippen LogP contribution in [-0.2, 0) is 25.9 Å². The van der Waals surface area contributed by atoms with Gasteiger partial charge in [0.05, 0.1) is 31.3 Å². The highest BCUT2D eigenvalue weighted by Crippen LogP contribution is 2.22. The number of pyridine rings is 1. The Kier molecular flexibility index (Phi) is 7.73. The van der Waals surface area contributed by atoms with Crippen LogP contribution in [0.1, 0.15) is 5.69 Å². The highest BCUT2D eigenvalue weighted by Gasteiger charge is 2.10. The number of aromatic nitrogens is 2. The van der Waals surface area contributed by atoms with E-state index in [-0.39, 0.29) is 12.4 Å². The molecule has 7 nitrogen and oxygen atoms in total. The summed E-state index contributed by atoms with van der Waals surface area (Å²) < 4.78 is 36.2. The third kappa shape index (κ3) is 6.62. The highest BCUT2D eigenvalue weighted by molar-refractivity contribution is 7.89. The van der Waals surface area contributed by atoms with Gasteiger partial charge in [-0.2, -0.15) is 0 Å². The van der Waals surface area contributed by atoms with Gasteiger partial charge in [0.25, 0.3) is 0 Å². The Morgan fingerprint density at radius 2 is 2.17 bits per heavy atom. The lowest BCUT2D eigenvalue weighted by molar-refractivity contribution is 0.0784. The number of hydrogen-bond donors (Lipinski definition) is 1. The van der Waals surface area contributed by atoms with Gasteiger partial charge in [0.15, 0.2) is 0 Å². The minimum Gasteiger partial charge on any atom is -0.382 e. The van der Waals surface area contributed by atoms with Crippen molar-refractivity contribution in [1.29, 1.82) is 0 Å². The molecule has 1 N–H and O–H groups in total. The third-order valence-corrected chi connectivity index (χ3v) is 5.38. The summed E-state index contributed by atoms with van der Waals surface area (Å²) in [6.45, 7) is 1.32. The van der Waals surface area contributed by atoms with E-state index in [1.54, 1.807) is 19.5 Å². The first kappa shape index (κ1) is 18.9. The molecule has 0 amide bonds. The van der Waals surface area contributed by atoms with E-state index in [0.717, 1.165) is 16.3 Å². The molecule has 0 aliphatic carbocycles. The molecule has 0 aliphatic heterocycles. The van der Waals surface area contributed by atoms with Crippen LogP contribution in [0, 0.1) is 0 Å². The van der Waals surface area contributed by atoms with Gasteiger partial charge >= 0.3 is 0 Å². The lowest BCUT2D eigenvalue weighted by Gasteiger charge is -2.06. The van der Waals surface area contributed by atoms with Crippen LogP contribution in [0.2, 0.25) is 0 Å². The molecule has 9 heteroatoms. The zero-order valence-corrected chi connectivity index (χ0v) is 15.1. The summed E-state index contributed by atoms with van der Waals surface area (Å²) in [5.41, 5.74) is 1.82. The average molecular weight is 371 g/mol. The zero-order valence-electron chi connectivity index (χ0n) is 13.5. The molecular formula is C15H21N3O4S2. The molecular weight excluding hydrogens is 350 g/mol. The van der Waals surface area contributed by atoms with E-state index < -0.39 is 10.0 Å². The minimum atomic E-state index is -3.33. The molecule has 0 spiro atoms. The number of ether oxygens (including phenoxy) is 2. The number of nitrogens with zero attached hydrogens (tertiary/aromatic N) is 2. The van der Waals surface area contributed by atoms with Crippen molar-refractivity contribution in [3.05, 3.63) is 35.6 Å². The molecule has 0 aliphatic rings. The van der Waals surface area contributed by atoms with E-state index in [1.165, 1.54) is 11.3 Å². The number of hydrogen-bond acceptors (Lipinski definition) is 7. The summed E-state index contributed by atoms with van der Waals surface area (Å²) in [5.74, 6) is -0.0608. The Labute approximate surface area is 146 Å². The molecule has 2 heterocycles. The topological polar surface area (TPSA) is 90.4 Å². The van der Waals surface area contributed by atoms with Crippen molar-refractivity contribution in [1.82, 2.24) is 14.7 Å². The van der Waals surface area contributed by atoms with Crippen LogP contribution in [0.4, 0.5) is 0 Å². The first-order chi connectivity index (χ1) is 11.6. The average Bonchev–Trinajstić information content (AvgIpc) is 3.04. The molecule has 2 aromatic rings. The number of methoxy groups -OCH3 is 1. The number of nitrogens with one attached hydrogen (secondary N) is 1. The summed E-state index contributed by atoms with van der Waals surface area (Å²) in [4.78, 5) is 8.57. The van der Waals surface area contributed by atoms with E-state index >= 15 is 0 Å². The number of rotatable bonds is 11. The summed E-state index contributed by atoms with van der Waals surface area (Å²) in [6.07, 6.45) is 4.02. The molecule has 0 saturated carbocycles. The molecule has 0 fully saturated rings. The molecule has 0 bridgehead atoms. The second-order valence-electron chi connectivity index (χ2n) is 4.95. The van der Waals surface area contributed by atoms with Gasteiger partial charge < -0.3 is 9.47 Å². The molecule has 24 heavy (non-hydrogen) atoms. The summed E-state index contributed by atoms with van der Waals surface area (Å²) >= 11 is 1.52. The van der Waals surface area contributed by atoms with Gasteiger partial charge in [-0.15, -0.1) is 11.3 Å². The fourth-order valence-electron chi connectivity index (χ4n) is 1.86. The van der Waals surface area contributed by atoms with Crippen LogP contribution < -0.4 is 4.72 Å². The van der Waals surface area contributed by atoms with Gasteiger partial charge in [-0.3, -0.25) is 4.98 Å². The van der Waals surface area contributed by atoms with Gasteiger partial charge in [0, 0.05) is 43.4 Å². The standard InChI is InChI=1S/C15H21N3O4S2/c1-21-7-8-22-9-10-24(19,20)17-6-4-14-12-23-15(18-14)13-3-2-5-16-11-13/h2-3,5,11-12,17H,4,6-10H2,1H3. The van der Waals surface area contributed by atoms with Crippen LogP contribution in [-0.4, -0.2) is 57.6 Å². The molecule has 0 saturated heterocycles. The van der Waals surface area contributed by atoms with Crippen LogP contribution >= 0.6 is 11.3 Å². The van der Waals surface area contributed by atoms with Crippen molar-refractivity contribution in [3.63, 3.8) is 0 Å². The molecule has 0 aromatic carbocycles. The van der Waals surface area contributed by atoms with E-state index in [1.807, 2.05) is 17.5 Å². The predicted molar refractivity (Wildman–Crippen MR) is 93.5 cm³/mol. The quantitative estimate of drug-likeness (QED) is 0.599. The fourth-order valence-corrected chi connectivity index (χ4v) is 3.60. The van der Waals surface area contributed by atoms with Crippen molar-refractivity contribution in [2.45, 2.75) is 6.42 Å². The maximum atomic E-state index is 11.8. The zero-order chi connectivity index (χ0) is 17.3. The van der Waals surface area contributed by atoms with Crippen molar-refractivity contribution in [3.8, 4) is 10.6 Å². The Morgan fingerprint density at radius 3 is 2.92 bits per heavy atom. The van der Waals surface area contributed by atoms with Gasteiger partial charge in [0.2, 0.25) is 10.0 Å². The second kappa shape index (κ2) is 9.80. The molecule has 0 atom stereocenters. The Balaban J connectivity index is 1.73. The summed E-state index contributed by atoms with van der Waals surface area (Å²) in [5, 5.41) is 2.82. The van der Waals surface area contributed by atoms with Crippen molar-refractivity contribution >= 4 is 21.4 Å². The monoisotopic (exact) mass is 371 g/mol. The maximum absolute atomic E-state index is 11.8. The Morgan fingerprint density at radius 1 is 1.29 bits per heavy atom. The normalized spacial score (nSPS) is 11.7. The minimum absolute atomic E-state index is 0.0608. The second-order valence-corrected chi connectivity index (χ2v) is 7.74. The number of thiazole rings is 1. The smallest absolute Gasteiger partial charge is 0.213 e. The lowest BCUT2D eigenvalue weighted by atomic mass is 10.3. The third-order valence-electron chi connectivity index (χ3n) is 3.09.